The molecule has 0 bridgehead atoms. The van der Waals surface area contributed by atoms with Gasteiger partial charge in [-0.2, -0.15) is 0 Å². The van der Waals surface area contributed by atoms with E-state index in [1.54, 1.807) is 0 Å². The van der Waals surface area contributed by atoms with Crippen LogP contribution in [0, 0.1) is 35.0 Å². The molecule has 0 radical (unpaired) electrons. The van der Waals surface area contributed by atoms with Gasteiger partial charge in [0.15, 0.2) is 0 Å². The van der Waals surface area contributed by atoms with E-state index in [1.807, 2.05) is 0 Å². The number of hydrogen-bond acceptors (Lipinski definition) is 1. The van der Waals surface area contributed by atoms with Crippen LogP contribution >= 0.6 is 0 Å². The predicted octanol–water partition coefficient (Wildman–Crippen LogP) is 4.99. The van der Waals surface area contributed by atoms with Gasteiger partial charge in [-0.05, 0) is 80.0 Å². The maximum absolute atomic E-state index is 11.8. The van der Waals surface area contributed by atoms with E-state index in [1.165, 1.54) is 57.8 Å². The van der Waals surface area contributed by atoms with E-state index in [-0.39, 0.29) is 0 Å². The Morgan fingerprint density at radius 1 is 0.950 bits per heavy atom. The van der Waals surface area contributed by atoms with Crippen LogP contribution in [0.15, 0.2) is 0 Å². The van der Waals surface area contributed by atoms with Gasteiger partial charge in [0.2, 0.25) is 0 Å². The molecule has 1 heteroatoms. The number of fused-ring (bicyclic) bond motifs is 5. The number of Topliss-reactive ketones (excluding diaryl/α,β-unsaturated/α-hetero) is 1. The molecule has 0 aromatic heterocycles. The summed E-state index contributed by atoms with van der Waals surface area (Å²) in [6.07, 6.45) is 14.8. The molecule has 0 unspecified atom stereocenters. The molecule has 0 N–H and O–H groups in total. The smallest absolute Gasteiger partial charge is 0.133 e. The lowest BCUT2D eigenvalue weighted by Crippen LogP contribution is -2.51. The van der Waals surface area contributed by atoms with Crippen molar-refractivity contribution in [3.8, 4) is 0 Å². The molecule has 0 saturated heterocycles. The van der Waals surface area contributed by atoms with E-state index in [0.29, 0.717) is 11.2 Å². The number of ketones is 1. The van der Waals surface area contributed by atoms with Crippen molar-refractivity contribution in [3.05, 3.63) is 0 Å². The summed E-state index contributed by atoms with van der Waals surface area (Å²) in [5, 5.41) is 0. The first-order valence-corrected chi connectivity index (χ1v) is 9.20. The largest absolute Gasteiger partial charge is 0.300 e. The minimum Gasteiger partial charge on any atom is -0.300 e. The summed E-state index contributed by atoms with van der Waals surface area (Å²) >= 11 is 0. The summed E-state index contributed by atoms with van der Waals surface area (Å²) in [7, 11) is 0. The minimum atomic E-state index is 0.558. The first-order chi connectivity index (χ1) is 9.68. The van der Waals surface area contributed by atoms with Crippen molar-refractivity contribution >= 4 is 5.78 Å². The molecule has 4 rings (SSSR count). The van der Waals surface area contributed by atoms with Gasteiger partial charge in [0, 0.05) is 12.8 Å². The van der Waals surface area contributed by atoms with Crippen molar-refractivity contribution in [2.24, 2.45) is 35.0 Å². The third kappa shape index (κ3) is 1.91. The fourth-order valence-corrected chi connectivity index (χ4v) is 6.92. The van der Waals surface area contributed by atoms with Gasteiger partial charge in [0.1, 0.15) is 5.78 Å². The summed E-state index contributed by atoms with van der Waals surface area (Å²) in [6.45, 7) is 2.64. The lowest BCUT2D eigenvalue weighted by Gasteiger charge is -2.59. The molecule has 0 aromatic rings. The van der Waals surface area contributed by atoms with Gasteiger partial charge in [-0.1, -0.05) is 19.8 Å². The molecular weight excluding hydrogens is 244 g/mol. The zero-order valence-corrected chi connectivity index (χ0v) is 13.1. The highest BCUT2D eigenvalue weighted by molar-refractivity contribution is 5.79. The molecule has 4 fully saturated rings. The first kappa shape index (κ1) is 13.3. The highest BCUT2D eigenvalue weighted by atomic mass is 16.1. The Bertz CT molecular complexity index is 401. The fraction of sp³-hybridized carbons (Fsp3) is 0.947. The third-order valence-electron chi connectivity index (χ3n) is 7.91. The molecule has 4 aliphatic rings. The molecule has 6 atom stereocenters. The van der Waals surface area contributed by atoms with E-state index in [4.69, 9.17) is 0 Å². The fourth-order valence-electron chi connectivity index (χ4n) is 6.92. The SMILES string of the molecule is C[C@]12CCCC[C@@H]1CC[C@H]1[C@@H]3CCC(=O)C[C@H]3CC[C@@H]12. The van der Waals surface area contributed by atoms with E-state index in [9.17, 15) is 4.79 Å². The Balaban J connectivity index is 1.59. The molecule has 112 valence electrons. The standard InChI is InChI=1S/C19H30O/c1-19-11-3-2-4-14(19)6-8-17-16-9-7-15(20)12-13(16)5-10-18(17)19/h13-14,16-18H,2-12H2,1H3/t13-,14-,16-,17+,18+,19+/m1/s1. The minimum absolute atomic E-state index is 0.558. The quantitative estimate of drug-likeness (QED) is 0.608. The van der Waals surface area contributed by atoms with Crippen molar-refractivity contribution in [1.29, 1.82) is 0 Å². The van der Waals surface area contributed by atoms with Gasteiger partial charge in [-0.15, -0.1) is 0 Å². The molecule has 1 nitrogen and oxygen atoms in total. The van der Waals surface area contributed by atoms with Gasteiger partial charge < -0.3 is 0 Å². The summed E-state index contributed by atoms with van der Waals surface area (Å²) in [5.41, 5.74) is 0.660. The van der Waals surface area contributed by atoms with E-state index in [0.717, 1.165) is 42.4 Å². The number of rotatable bonds is 0. The Morgan fingerprint density at radius 2 is 1.85 bits per heavy atom. The van der Waals surface area contributed by atoms with Crippen LogP contribution in [0.5, 0.6) is 0 Å². The molecule has 20 heavy (non-hydrogen) atoms. The second-order valence-corrected chi connectivity index (χ2v) is 8.58. The summed E-state index contributed by atoms with van der Waals surface area (Å²) in [6, 6.07) is 0. The molecule has 4 saturated carbocycles. The highest BCUT2D eigenvalue weighted by Crippen LogP contribution is 2.62. The van der Waals surface area contributed by atoms with Crippen LogP contribution in [0.2, 0.25) is 0 Å². The van der Waals surface area contributed by atoms with E-state index >= 15 is 0 Å². The van der Waals surface area contributed by atoms with Gasteiger partial charge in [0.25, 0.3) is 0 Å². The van der Waals surface area contributed by atoms with Crippen molar-refractivity contribution in [2.75, 3.05) is 0 Å². The summed E-state index contributed by atoms with van der Waals surface area (Å²) < 4.78 is 0. The second-order valence-electron chi connectivity index (χ2n) is 8.58. The van der Waals surface area contributed by atoms with Crippen LogP contribution in [0.3, 0.4) is 0 Å². The molecular formula is C19H30O. The van der Waals surface area contributed by atoms with Gasteiger partial charge in [0.05, 0.1) is 0 Å². The molecule has 0 spiro atoms. The molecule has 0 aromatic carbocycles. The lowest BCUT2D eigenvalue weighted by atomic mass is 9.46. The Kier molecular flexibility index (Phi) is 3.23. The third-order valence-corrected chi connectivity index (χ3v) is 7.91. The second kappa shape index (κ2) is 4.85. The van der Waals surface area contributed by atoms with Crippen LogP contribution in [0.25, 0.3) is 0 Å². The molecule has 0 aliphatic heterocycles. The van der Waals surface area contributed by atoms with Crippen molar-refractivity contribution < 1.29 is 4.79 Å². The zero-order chi connectivity index (χ0) is 13.7. The molecule has 0 heterocycles. The monoisotopic (exact) mass is 274 g/mol. The maximum Gasteiger partial charge on any atom is 0.133 e. The van der Waals surface area contributed by atoms with Crippen molar-refractivity contribution in [2.45, 2.75) is 77.6 Å². The van der Waals surface area contributed by atoms with Crippen LogP contribution in [0.1, 0.15) is 77.6 Å². The Labute approximate surface area is 123 Å². The number of carbonyl (C=O) groups excluding carboxylic acids is 1. The summed E-state index contributed by atoms with van der Waals surface area (Å²) in [4.78, 5) is 11.8. The topological polar surface area (TPSA) is 17.1 Å². The Morgan fingerprint density at radius 3 is 2.75 bits per heavy atom. The van der Waals surface area contributed by atoms with Crippen LogP contribution in [0.4, 0.5) is 0 Å². The Hall–Kier alpha value is -0.330. The normalized spacial score (nSPS) is 51.9. The van der Waals surface area contributed by atoms with Crippen LogP contribution in [-0.2, 0) is 4.79 Å². The maximum atomic E-state index is 11.8. The molecule has 4 aliphatic carbocycles. The number of hydrogen-bond donors (Lipinski definition) is 0. The van der Waals surface area contributed by atoms with E-state index in [2.05, 4.69) is 6.92 Å². The summed E-state index contributed by atoms with van der Waals surface area (Å²) in [5.74, 6) is 5.23. The first-order valence-electron chi connectivity index (χ1n) is 9.20. The zero-order valence-electron chi connectivity index (χ0n) is 13.1. The van der Waals surface area contributed by atoms with Crippen molar-refractivity contribution in [3.63, 3.8) is 0 Å². The van der Waals surface area contributed by atoms with Gasteiger partial charge >= 0.3 is 0 Å². The average molecular weight is 274 g/mol. The van der Waals surface area contributed by atoms with E-state index < -0.39 is 0 Å². The van der Waals surface area contributed by atoms with Gasteiger partial charge in [-0.25, -0.2) is 0 Å². The van der Waals surface area contributed by atoms with Crippen LogP contribution < -0.4 is 0 Å². The van der Waals surface area contributed by atoms with Crippen LogP contribution in [-0.4, -0.2) is 5.78 Å². The lowest BCUT2D eigenvalue weighted by molar-refractivity contribution is -0.131. The average Bonchev–Trinajstić information content (AvgIpc) is 2.45. The highest BCUT2D eigenvalue weighted by Gasteiger charge is 2.53. The molecule has 0 amide bonds. The predicted molar refractivity (Wildman–Crippen MR) is 81.4 cm³/mol. The number of carbonyl (C=O) groups is 1. The van der Waals surface area contributed by atoms with Crippen molar-refractivity contribution in [1.82, 2.24) is 0 Å². The van der Waals surface area contributed by atoms with Gasteiger partial charge in [-0.3, -0.25) is 4.79 Å².